The molecule has 0 spiro atoms. The van der Waals surface area contributed by atoms with Crippen LogP contribution in [0, 0.1) is 11.3 Å². The van der Waals surface area contributed by atoms with Gasteiger partial charge in [0, 0.05) is 5.57 Å². The number of hydrogen-bond acceptors (Lipinski definition) is 4. The lowest BCUT2D eigenvalue weighted by molar-refractivity contribution is -0.163. The van der Waals surface area contributed by atoms with Gasteiger partial charge in [-0.15, -0.1) is 0 Å². The van der Waals surface area contributed by atoms with Crippen LogP contribution in [-0.4, -0.2) is 34.7 Å². The van der Waals surface area contributed by atoms with Crippen molar-refractivity contribution in [3.63, 3.8) is 0 Å². The number of esters is 1. The van der Waals surface area contributed by atoms with E-state index in [1.54, 1.807) is 6.92 Å². The van der Waals surface area contributed by atoms with Crippen LogP contribution >= 0.6 is 0 Å². The molecule has 0 amide bonds. The summed E-state index contributed by atoms with van der Waals surface area (Å²) in [4.78, 5) is 33.6. The van der Waals surface area contributed by atoms with Crippen molar-refractivity contribution in [2.24, 2.45) is 11.3 Å². The van der Waals surface area contributed by atoms with E-state index in [1.807, 2.05) is 0 Å². The predicted octanol–water partition coefficient (Wildman–Crippen LogP) is 1.70. The average molecular weight is 272 g/mol. The van der Waals surface area contributed by atoms with Gasteiger partial charge in [0.1, 0.15) is 0 Å². The molecule has 0 fully saturated rings. The van der Waals surface area contributed by atoms with Crippen molar-refractivity contribution in [2.45, 2.75) is 33.6 Å². The standard InChI is InChI=1S/C13H20O6/c1-5-9(10(14)15)13(4,12(17)18)6-7-19-11(16)8(2)3/h9H,2,5-7H2,1,3-4H3,(H,14,15)(H,17,18). The zero-order valence-corrected chi connectivity index (χ0v) is 11.4. The highest BCUT2D eigenvalue weighted by Gasteiger charge is 2.44. The number of carboxylic acids is 2. The van der Waals surface area contributed by atoms with E-state index in [1.165, 1.54) is 13.8 Å². The molecule has 0 saturated carbocycles. The molecule has 2 atom stereocenters. The summed E-state index contributed by atoms with van der Waals surface area (Å²) in [6.07, 6.45) is 0.124. The van der Waals surface area contributed by atoms with E-state index < -0.39 is 29.2 Å². The largest absolute Gasteiger partial charge is 0.481 e. The van der Waals surface area contributed by atoms with Crippen molar-refractivity contribution in [1.82, 2.24) is 0 Å². The van der Waals surface area contributed by atoms with Crippen molar-refractivity contribution in [1.29, 1.82) is 0 Å². The minimum absolute atomic E-state index is 0.0633. The second-order valence-corrected chi connectivity index (χ2v) is 4.69. The molecule has 0 radical (unpaired) electrons. The summed E-state index contributed by atoms with van der Waals surface area (Å²) in [7, 11) is 0. The summed E-state index contributed by atoms with van der Waals surface area (Å²) in [6, 6.07) is 0. The van der Waals surface area contributed by atoms with Crippen LogP contribution in [0.1, 0.15) is 33.6 Å². The molecular formula is C13H20O6. The lowest BCUT2D eigenvalue weighted by Gasteiger charge is -2.30. The lowest BCUT2D eigenvalue weighted by atomic mass is 9.73. The first-order valence-corrected chi connectivity index (χ1v) is 5.95. The molecular weight excluding hydrogens is 252 g/mol. The molecule has 6 nitrogen and oxygen atoms in total. The van der Waals surface area contributed by atoms with E-state index in [9.17, 15) is 19.5 Å². The van der Waals surface area contributed by atoms with Crippen LogP contribution in [0.2, 0.25) is 0 Å². The van der Waals surface area contributed by atoms with Gasteiger partial charge in [-0.3, -0.25) is 9.59 Å². The van der Waals surface area contributed by atoms with Crippen molar-refractivity contribution in [3.8, 4) is 0 Å². The molecule has 6 heteroatoms. The first-order chi connectivity index (χ1) is 8.66. The van der Waals surface area contributed by atoms with E-state index in [0.717, 1.165) is 0 Å². The molecule has 0 saturated heterocycles. The van der Waals surface area contributed by atoms with Crippen LogP contribution < -0.4 is 0 Å². The van der Waals surface area contributed by atoms with Gasteiger partial charge in [0.2, 0.25) is 0 Å². The van der Waals surface area contributed by atoms with Gasteiger partial charge in [-0.25, -0.2) is 4.79 Å². The van der Waals surface area contributed by atoms with Crippen molar-refractivity contribution >= 4 is 17.9 Å². The third-order valence-corrected chi connectivity index (χ3v) is 3.17. The van der Waals surface area contributed by atoms with Crippen LogP contribution in [0.5, 0.6) is 0 Å². The predicted molar refractivity (Wildman–Crippen MR) is 67.5 cm³/mol. The van der Waals surface area contributed by atoms with E-state index >= 15 is 0 Å². The topological polar surface area (TPSA) is 101 Å². The summed E-state index contributed by atoms with van der Waals surface area (Å²) in [5.74, 6) is -4.03. The lowest BCUT2D eigenvalue weighted by Crippen LogP contribution is -2.41. The maximum atomic E-state index is 11.3. The van der Waals surface area contributed by atoms with Gasteiger partial charge < -0.3 is 14.9 Å². The highest BCUT2D eigenvalue weighted by atomic mass is 16.5. The molecule has 108 valence electrons. The van der Waals surface area contributed by atoms with Gasteiger partial charge in [0.05, 0.1) is 17.9 Å². The number of rotatable bonds is 8. The third kappa shape index (κ3) is 4.39. The molecule has 0 aromatic carbocycles. The molecule has 19 heavy (non-hydrogen) atoms. The fraction of sp³-hybridized carbons (Fsp3) is 0.615. The zero-order chi connectivity index (χ0) is 15.2. The van der Waals surface area contributed by atoms with Gasteiger partial charge in [-0.05, 0) is 26.7 Å². The fourth-order valence-electron chi connectivity index (χ4n) is 1.81. The van der Waals surface area contributed by atoms with E-state index in [4.69, 9.17) is 9.84 Å². The maximum Gasteiger partial charge on any atom is 0.333 e. The van der Waals surface area contributed by atoms with Gasteiger partial charge >= 0.3 is 17.9 Å². The van der Waals surface area contributed by atoms with E-state index in [0.29, 0.717) is 0 Å². The zero-order valence-electron chi connectivity index (χ0n) is 11.4. The molecule has 2 N–H and O–H groups in total. The molecule has 0 aromatic heterocycles. The number of carbonyl (C=O) groups is 3. The Morgan fingerprint density at radius 3 is 2.16 bits per heavy atom. The first-order valence-electron chi connectivity index (χ1n) is 5.95. The molecule has 0 bridgehead atoms. The quantitative estimate of drug-likeness (QED) is 0.515. The summed E-state index contributed by atoms with van der Waals surface area (Å²) < 4.78 is 4.83. The van der Waals surface area contributed by atoms with Gasteiger partial charge in [-0.1, -0.05) is 13.5 Å². The van der Waals surface area contributed by atoms with Crippen LogP contribution in [0.15, 0.2) is 12.2 Å². The van der Waals surface area contributed by atoms with E-state index in [2.05, 4.69) is 6.58 Å². The number of carboxylic acid groups (broad SMARTS) is 2. The Bertz CT molecular complexity index is 387. The summed E-state index contributed by atoms with van der Waals surface area (Å²) in [5.41, 5.74) is -1.27. The maximum absolute atomic E-state index is 11.3. The third-order valence-electron chi connectivity index (χ3n) is 3.17. The Morgan fingerprint density at radius 2 is 1.84 bits per heavy atom. The normalized spacial score (nSPS) is 15.1. The van der Waals surface area contributed by atoms with Crippen LogP contribution in [0.3, 0.4) is 0 Å². The fourth-order valence-corrected chi connectivity index (χ4v) is 1.81. The molecule has 2 unspecified atom stereocenters. The van der Waals surface area contributed by atoms with Crippen molar-refractivity contribution in [2.75, 3.05) is 6.61 Å². The summed E-state index contributed by atoms with van der Waals surface area (Å²) in [5, 5.41) is 18.3. The SMILES string of the molecule is C=C(C)C(=O)OCCC(C)(C(=O)O)C(CC)C(=O)O. The summed E-state index contributed by atoms with van der Waals surface area (Å²) in [6.45, 7) is 7.69. The molecule has 0 aliphatic carbocycles. The average Bonchev–Trinajstić information content (AvgIpc) is 2.28. The number of carbonyl (C=O) groups excluding carboxylic acids is 1. The minimum Gasteiger partial charge on any atom is -0.481 e. The van der Waals surface area contributed by atoms with Gasteiger partial charge in [-0.2, -0.15) is 0 Å². The van der Waals surface area contributed by atoms with Crippen molar-refractivity contribution in [3.05, 3.63) is 12.2 Å². The molecule has 0 heterocycles. The summed E-state index contributed by atoms with van der Waals surface area (Å²) >= 11 is 0. The smallest absolute Gasteiger partial charge is 0.333 e. The first kappa shape index (κ1) is 17.2. The van der Waals surface area contributed by atoms with Crippen LogP contribution in [-0.2, 0) is 19.1 Å². The van der Waals surface area contributed by atoms with Crippen LogP contribution in [0.4, 0.5) is 0 Å². The Kier molecular flexibility index (Phi) is 6.24. The Morgan fingerprint density at radius 1 is 1.32 bits per heavy atom. The Labute approximate surface area is 112 Å². The second-order valence-electron chi connectivity index (χ2n) is 4.69. The molecule has 0 aliphatic heterocycles. The highest BCUT2D eigenvalue weighted by molar-refractivity contribution is 5.87. The number of ether oxygens (including phenoxy) is 1. The molecule has 0 rings (SSSR count). The van der Waals surface area contributed by atoms with Gasteiger partial charge in [0.15, 0.2) is 0 Å². The Hall–Kier alpha value is -1.85. The molecule has 0 aliphatic rings. The van der Waals surface area contributed by atoms with E-state index in [-0.39, 0.29) is 25.0 Å². The van der Waals surface area contributed by atoms with Crippen molar-refractivity contribution < 1.29 is 29.3 Å². The molecule has 0 aromatic rings. The minimum atomic E-state index is -1.48. The Balaban J connectivity index is 4.82. The second kappa shape index (κ2) is 6.92. The van der Waals surface area contributed by atoms with Gasteiger partial charge in [0.25, 0.3) is 0 Å². The van der Waals surface area contributed by atoms with Crippen LogP contribution in [0.25, 0.3) is 0 Å². The monoisotopic (exact) mass is 272 g/mol. The number of hydrogen-bond donors (Lipinski definition) is 2. The number of aliphatic carboxylic acids is 2. The highest BCUT2D eigenvalue weighted by Crippen LogP contribution is 2.34.